The number of piperidine rings is 1. The molecule has 1 aromatic rings. The zero-order chi connectivity index (χ0) is 12.3. The van der Waals surface area contributed by atoms with E-state index in [1.54, 1.807) is 7.11 Å². The lowest BCUT2D eigenvalue weighted by molar-refractivity contribution is 0.0791. The summed E-state index contributed by atoms with van der Waals surface area (Å²) in [4.78, 5) is 0. The second-order valence-corrected chi connectivity index (χ2v) is 5.35. The van der Waals surface area contributed by atoms with E-state index in [0.29, 0.717) is 5.92 Å². The molecule has 0 spiro atoms. The molecule has 0 aromatic heterocycles. The molecule has 1 fully saturated rings. The van der Waals surface area contributed by atoms with Gasteiger partial charge in [0.2, 0.25) is 0 Å². The van der Waals surface area contributed by atoms with Gasteiger partial charge in [-0.3, -0.25) is 0 Å². The van der Waals surface area contributed by atoms with Gasteiger partial charge in [0.25, 0.3) is 0 Å². The molecule has 0 saturated carbocycles. The van der Waals surface area contributed by atoms with Gasteiger partial charge in [-0.05, 0) is 53.0 Å². The summed E-state index contributed by atoms with van der Waals surface area (Å²) in [5.41, 5.74) is 1.23. The van der Waals surface area contributed by atoms with Gasteiger partial charge >= 0.3 is 0 Å². The van der Waals surface area contributed by atoms with E-state index in [-0.39, 0.29) is 6.10 Å². The van der Waals surface area contributed by atoms with Gasteiger partial charge in [0.15, 0.2) is 0 Å². The molecular weight excluding hydrogens is 282 g/mol. The number of hydrogen-bond acceptors (Lipinski definition) is 3. The topological polar surface area (TPSA) is 41.5 Å². The van der Waals surface area contributed by atoms with E-state index >= 15 is 0 Å². The van der Waals surface area contributed by atoms with Gasteiger partial charge in [-0.25, -0.2) is 0 Å². The Kier molecular flexibility index (Phi) is 4.42. The van der Waals surface area contributed by atoms with E-state index in [2.05, 4.69) is 33.4 Å². The Morgan fingerprint density at radius 2 is 2.35 bits per heavy atom. The first-order valence-corrected chi connectivity index (χ1v) is 6.71. The summed E-state index contributed by atoms with van der Waals surface area (Å²) in [7, 11) is 1.66. The SMILES string of the molecule is COc1ccc(CC2CNCCC2O)cc1Br. The predicted molar refractivity (Wildman–Crippen MR) is 71.4 cm³/mol. The average Bonchev–Trinajstić information content (AvgIpc) is 2.32. The van der Waals surface area contributed by atoms with Crippen molar-refractivity contribution in [3.63, 3.8) is 0 Å². The molecule has 3 nitrogen and oxygen atoms in total. The third-order valence-electron chi connectivity index (χ3n) is 3.28. The van der Waals surface area contributed by atoms with Crippen LogP contribution in [0.15, 0.2) is 22.7 Å². The third kappa shape index (κ3) is 3.21. The number of ether oxygens (including phenoxy) is 1. The summed E-state index contributed by atoms with van der Waals surface area (Å²) in [5, 5.41) is 13.3. The van der Waals surface area contributed by atoms with Crippen molar-refractivity contribution in [3.05, 3.63) is 28.2 Å². The Balaban J connectivity index is 2.05. The van der Waals surface area contributed by atoms with Crippen LogP contribution in [0.2, 0.25) is 0 Å². The van der Waals surface area contributed by atoms with Gasteiger partial charge in [0.1, 0.15) is 5.75 Å². The van der Waals surface area contributed by atoms with Crippen LogP contribution in [0, 0.1) is 5.92 Å². The molecule has 2 rings (SSSR count). The lowest BCUT2D eigenvalue weighted by Gasteiger charge is -2.28. The van der Waals surface area contributed by atoms with Crippen molar-refractivity contribution >= 4 is 15.9 Å². The molecule has 0 aliphatic carbocycles. The molecule has 1 aliphatic rings. The normalized spacial score (nSPS) is 24.6. The summed E-state index contributed by atoms with van der Waals surface area (Å²) in [6.07, 6.45) is 1.57. The molecule has 1 saturated heterocycles. The standard InChI is InChI=1S/C13H18BrNO2/c1-17-13-3-2-9(7-11(13)14)6-10-8-15-5-4-12(10)16/h2-3,7,10,12,15-16H,4-6,8H2,1H3. The Morgan fingerprint density at radius 3 is 3.00 bits per heavy atom. The summed E-state index contributed by atoms with van der Waals surface area (Å²) in [6.45, 7) is 1.81. The number of nitrogens with one attached hydrogen (secondary N) is 1. The van der Waals surface area contributed by atoms with Gasteiger partial charge in [-0.15, -0.1) is 0 Å². The number of rotatable bonds is 3. The fraction of sp³-hybridized carbons (Fsp3) is 0.538. The minimum absolute atomic E-state index is 0.183. The second kappa shape index (κ2) is 5.85. The highest BCUT2D eigenvalue weighted by molar-refractivity contribution is 9.10. The van der Waals surface area contributed by atoms with Gasteiger partial charge in [0, 0.05) is 12.5 Å². The minimum atomic E-state index is -0.183. The zero-order valence-corrected chi connectivity index (χ0v) is 11.5. The third-order valence-corrected chi connectivity index (χ3v) is 3.90. The van der Waals surface area contributed by atoms with E-state index in [9.17, 15) is 5.11 Å². The number of hydrogen-bond donors (Lipinski definition) is 2. The summed E-state index contributed by atoms with van der Waals surface area (Å²) < 4.78 is 6.17. The van der Waals surface area contributed by atoms with Crippen LogP contribution >= 0.6 is 15.9 Å². The molecule has 0 amide bonds. The maximum atomic E-state index is 9.92. The van der Waals surface area contributed by atoms with Crippen LogP contribution < -0.4 is 10.1 Å². The van der Waals surface area contributed by atoms with E-state index in [1.807, 2.05) is 6.07 Å². The highest BCUT2D eigenvalue weighted by atomic mass is 79.9. The summed E-state index contributed by atoms with van der Waals surface area (Å²) in [6, 6.07) is 6.09. The fourth-order valence-electron chi connectivity index (χ4n) is 2.26. The zero-order valence-electron chi connectivity index (χ0n) is 9.95. The van der Waals surface area contributed by atoms with Crippen LogP contribution in [0.3, 0.4) is 0 Å². The van der Waals surface area contributed by atoms with E-state index in [1.165, 1.54) is 5.56 Å². The number of methoxy groups -OCH3 is 1. The van der Waals surface area contributed by atoms with Gasteiger partial charge < -0.3 is 15.2 Å². The van der Waals surface area contributed by atoms with Crippen molar-refractivity contribution in [2.24, 2.45) is 5.92 Å². The van der Waals surface area contributed by atoms with Crippen molar-refractivity contribution < 1.29 is 9.84 Å². The molecule has 4 heteroatoms. The van der Waals surface area contributed by atoms with Gasteiger partial charge in [0.05, 0.1) is 17.7 Å². The highest BCUT2D eigenvalue weighted by Crippen LogP contribution is 2.27. The summed E-state index contributed by atoms with van der Waals surface area (Å²) >= 11 is 3.48. The first-order chi connectivity index (χ1) is 8.20. The number of halogens is 1. The monoisotopic (exact) mass is 299 g/mol. The quantitative estimate of drug-likeness (QED) is 0.897. The largest absolute Gasteiger partial charge is 0.496 e. The van der Waals surface area contributed by atoms with Crippen molar-refractivity contribution in [2.75, 3.05) is 20.2 Å². The van der Waals surface area contributed by atoms with Crippen molar-refractivity contribution in [1.82, 2.24) is 5.32 Å². The van der Waals surface area contributed by atoms with Crippen molar-refractivity contribution in [1.29, 1.82) is 0 Å². The van der Waals surface area contributed by atoms with Crippen molar-refractivity contribution in [3.8, 4) is 5.75 Å². The lowest BCUT2D eigenvalue weighted by atomic mass is 9.90. The molecule has 1 aliphatic heterocycles. The maximum Gasteiger partial charge on any atom is 0.133 e. The van der Waals surface area contributed by atoms with Crippen LogP contribution in [-0.4, -0.2) is 31.4 Å². The number of aliphatic hydroxyl groups excluding tert-OH is 1. The first kappa shape index (κ1) is 12.9. The molecule has 17 heavy (non-hydrogen) atoms. The van der Waals surface area contributed by atoms with Crippen molar-refractivity contribution in [2.45, 2.75) is 18.9 Å². The molecule has 1 heterocycles. The van der Waals surface area contributed by atoms with E-state index in [4.69, 9.17) is 4.74 Å². The maximum absolute atomic E-state index is 9.92. The van der Waals surface area contributed by atoms with Gasteiger partial charge in [-0.1, -0.05) is 6.07 Å². The molecule has 2 unspecified atom stereocenters. The molecule has 0 radical (unpaired) electrons. The smallest absolute Gasteiger partial charge is 0.133 e. The molecule has 0 bridgehead atoms. The van der Waals surface area contributed by atoms with Crippen LogP contribution in [0.25, 0.3) is 0 Å². The Labute approximate surface area is 110 Å². The molecular formula is C13H18BrNO2. The number of aliphatic hydroxyl groups is 1. The predicted octanol–water partition coefficient (Wildman–Crippen LogP) is 1.97. The van der Waals surface area contributed by atoms with Crippen LogP contribution in [-0.2, 0) is 6.42 Å². The summed E-state index contributed by atoms with van der Waals surface area (Å²) in [5.74, 6) is 1.15. The van der Waals surface area contributed by atoms with Crippen LogP contribution in [0.5, 0.6) is 5.75 Å². The first-order valence-electron chi connectivity index (χ1n) is 5.92. The van der Waals surface area contributed by atoms with Crippen LogP contribution in [0.4, 0.5) is 0 Å². The average molecular weight is 300 g/mol. The Hall–Kier alpha value is -0.580. The van der Waals surface area contributed by atoms with Gasteiger partial charge in [-0.2, -0.15) is 0 Å². The number of benzene rings is 1. The molecule has 2 N–H and O–H groups in total. The highest BCUT2D eigenvalue weighted by Gasteiger charge is 2.22. The second-order valence-electron chi connectivity index (χ2n) is 4.49. The Morgan fingerprint density at radius 1 is 1.53 bits per heavy atom. The molecule has 1 aromatic carbocycles. The Bertz CT molecular complexity index is 384. The lowest BCUT2D eigenvalue weighted by Crippen LogP contribution is -2.40. The fourth-order valence-corrected chi connectivity index (χ4v) is 2.85. The van der Waals surface area contributed by atoms with E-state index < -0.39 is 0 Å². The molecule has 2 atom stereocenters. The minimum Gasteiger partial charge on any atom is -0.496 e. The van der Waals surface area contributed by atoms with E-state index in [0.717, 1.165) is 36.2 Å². The van der Waals surface area contributed by atoms with Crippen LogP contribution in [0.1, 0.15) is 12.0 Å². The molecule has 94 valence electrons.